The van der Waals surface area contributed by atoms with Gasteiger partial charge in [-0.05, 0) is 65.5 Å². The number of rotatable bonds is 6. The van der Waals surface area contributed by atoms with Crippen LogP contribution in [0.4, 0.5) is 5.69 Å². The van der Waals surface area contributed by atoms with Crippen LogP contribution in [-0.2, 0) is 16.4 Å². The third-order valence-electron chi connectivity index (χ3n) is 5.54. The van der Waals surface area contributed by atoms with Gasteiger partial charge in [0, 0.05) is 58.0 Å². The van der Waals surface area contributed by atoms with Crippen LogP contribution in [0.1, 0.15) is 15.9 Å². The lowest BCUT2D eigenvalue weighted by atomic mass is 10.1. The summed E-state index contributed by atoms with van der Waals surface area (Å²) in [6.07, 6.45) is 4.76. The average molecular weight is 508 g/mol. The van der Waals surface area contributed by atoms with Crippen molar-refractivity contribution in [3.8, 4) is 20.9 Å². The molecule has 1 N–H and O–H groups in total. The Morgan fingerprint density at radius 3 is 2.56 bits per heavy atom. The van der Waals surface area contributed by atoms with Crippen molar-refractivity contribution >= 4 is 44.7 Å². The lowest BCUT2D eigenvalue weighted by molar-refractivity contribution is 0.0816. The molecule has 34 heavy (non-hydrogen) atoms. The van der Waals surface area contributed by atoms with Crippen molar-refractivity contribution in [1.29, 1.82) is 0 Å². The molecule has 172 valence electrons. The van der Waals surface area contributed by atoms with E-state index < -0.39 is 9.84 Å². The molecule has 2 aromatic heterocycles. The number of aromatic nitrogens is 1. The summed E-state index contributed by atoms with van der Waals surface area (Å²) in [4.78, 5) is 21.6. The summed E-state index contributed by atoms with van der Waals surface area (Å²) in [6, 6.07) is 19.0. The van der Waals surface area contributed by atoms with Gasteiger partial charge < -0.3 is 9.62 Å². The molecule has 1 amide bonds. The van der Waals surface area contributed by atoms with E-state index in [2.05, 4.69) is 27.9 Å². The molecule has 2 aromatic carbocycles. The number of sulfone groups is 1. The molecule has 1 aliphatic rings. The maximum Gasteiger partial charge on any atom is 0.254 e. The van der Waals surface area contributed by atoms with Gasteiger partial charge in [0.1, 0.15) is 0 Å². The first kappa shape index (κ1) is 22.6. The van der Waals surface area contributed by atoms with Crippen LogP contribution in [0.3, 0.4) is 0 Å². The van der Waals surface area contributed by atoms with Crippen LogP contribution in [0.15, 0.2) is 82.8 Å². The standard InChI is InChI=1S/C25H21N3O3S3/c1-28-15-18-11-16(7-8-20(18)25(28)29)22-9-10-23(32-22)17-12-19(14-26-13-17)33-27-21-5-3-4-6-24(21)34(2,30)31/h3-14,27H,15H2,1-2H3. The molecule has 4 aromatic rings. The molecule has 1 aliphatic heterocycles. The molecule has 0 radical (unpaired) electrons. The molecule has 5 rings (SSSR count). The summed E-state index contributed by atoms with van der Waals surface area (Å²) in [7, 11) is -1.52. The SMILES string of the molecule is CN1Cc2cc(-c3ccc(-c4cncc(SNc5ccccc5S(C)(=O)=O)c4)s3)ccc2C1=O. The minimum absolute atomic E-state index is 0.0709. The fraction of sp³-hybridized carbons (Fsp3) is 0.120. The lowest BCUT2D eigenvalue weighted by Crippen LogP contribution is -2.17. The van der Waals surface area contributed by atoms with E-state index in [0.29, 0.717) is 12.2 Å². The van der Waals surface area contributed by atoms with E-state index in [1.165, 1.54) is 18.2 Å². The van der Waals surface area contributed by atoms with Crippen LogP contribution in [0.2, 0.25) is 0 Å². The van der Waals surface area contributed by atoms with Gasteiger partial charge in [0.2, 0.25) is 0 Å². The Morgan fingerprint density at radius 2 is 1.76 bits per heavy atom. The topological polar surface area (TPSA) is 79.4 Å². The Hall–Kier alpha value is -3.14. The minimum Gasteiger partial charge on any atom is -0.337 e. The van der Waals surface area contributed by atoms with E-state index in [-0.39, 0.29) is 10.8 Å². The second kappa shape index (κ2) is 8.90. The van der Waals surface area contributed by atoms with Crippen molar-refractivity contribution in [3.63, 3.8) is 0 Å². The minimum atomic E-state index is -3.33. The highest BCUT2D eigenvalue weighted by molar-refractivity contribution is 8.00. The largest absolute Gasteiger partial charge is 0.337 e. The molecule has 3 heterocycles. The molecule has 0 unspecified atom stereocenters. The van der Waals surface area contributed by atoms with Gasteiger partial charge >= 0.3 is 0 Å². The molecule has 0 atom stereocenters. The Labute approximate surface area is 206 Å². The fourth-order valence-corrected chi connectivity index (χ4v) is 6.46. The molecule has 9 heteroatoms. The normalized spacial score (nSPS) is 13.2. The van der Waals surface area contributed by atoms with E-state index in [9.17, 15) is 13.2 Å². The number of anilines is 1. The number of nitrogens with zero attached hydrogens (tertiary/aromatic N) is 2. The number of fused-ring (bicyclic) bond motifs is 1. The third-order valence-corrected chi connectivity index (χ3v) is 8.66. The summed E-state index contributed by atoms with van der Waals surface area (Å²) >= 11 is 2.99. The van der Waals surface area contributed by atoms with E-state index >= 15 is 0 Å². The van der Waals surface area contributed by atoms with Gasteiger partial charge in [0.05, 0.1) is 10.6 Å². The second-order valence-corrected chi connectivity index (χ2v) is 12.0. The van der Waals surface area contributed by atoms with E-state index in [4.69, 9.17) is 0 Å². The number of carbonyl (C=O) groups is 1. The highest BCUT2D eigenvalue weighted by Crippen LogP contribution is 2.37. The number of hydrogen-bond donors (Lipinski definition) is 1. The van der Waals surface area contributed by atoms with Gasteiger partial charge in [-0.3, -0.25) is 9.78 Å². The van der Waals surface area contributed by atoms with Crippen LogP contribution in [-0.4, -0.2) is 37.5 Å². The first-order chi connectivity index (χ1) is 16.3. The molecule has 0 bridgehead atoms. The first-order valence-corrected chi connectivity index (χ1v) is 14.0. The Kier molecular flexibility index (Phi) is 5.93. The van der Waals surface area contributed by atoms with Crippen molar-refractivity contribution in [2.24, 2.45) is 0 Å². The highest BCUT2D eigenvalue weighted by atomic mass is 32.2. The van der Waals surface area contributed by atoms with Crippen molar-refractivity contribution in [1.82, 2.24) is 9.88 Å². The molecule has 0 aliphatic carbocycles. The molecular weight excluding hydrogens is 486 g/mol. The van der Waals surface area contributed by atoms with Crippen LogP contribution in [0.25, 0.3) is 20.9 Å². The van der Waals surface area contributed by atoms with Crippen molar-refractivity contribution < 1.29 is 13.2 Å². The number of benzene rings is 2. The zero-order valence-electron chi connectivity index (χ0n) is 18.5. The van der Waals surface area contributed by atoms with Crippen LogP contribution in [0.5, 0.6) is 0 Å². The average Bonchev–Trinajstić information content (AvgIpc) is 3.42. The van der Waals surface area contributed by atoms with Crippen molar-refractivity contribution in [3.05, 3.63) is 84.2 Å². The summed E-state index contributed by atoms with van der Waals surface area (Å²) in [6.45, 7) is 0.638. The number of pyridine rings is 1. The maximum atomic E-state index is 12.2. The fourth-order valence-electron chi connectivity index (χ4n) is 3.87. The van der Waals surface area contributed by atoms with E-state index in [0.717, 1.165) is 36.9 Å². The smallest absolute Gasteiger partial charge is 0.254 e. The van der Waals surface area contributed by atoms with Crippen LogP contribution in [0, 0.1) is 0 Å². The number of thiophene rings is 1. The van der Waals surface area contributed by atoms with Crippen molar-refractivity contribution in [2.75, 3.05) is 18.0 Å². The third kappa shape index (κ3) is 4.46. The summed E-state index contributed by atoms with van der Waals surface area (Å²) in [5.74, 6) is 0.0709. The van der Waals surface area contributed by atoms with Crippen molar-refractivity contribution in [2.45, 2.75) is 16.3 Å². The Bertz CT molecular complexity index is 1510. The number of carbonyl (C=O) groups excluding carboxylic acids is 1. The molecule has 6 nitrogen and oxygen atoms in total. The molecule has 0 saturated heterocycles. The number of nitrogens with one attached hydrogen (secondary N) is 1. The Morgan fingerprint density at radius 1 is 1.00 bits per heavy atom. The van der Waals surface area contributed by atoms with Gasteiger partial charge in [0.25, 0.3) is 5.91 Å². The van der Waals surface area contributed by atoms with E-state index in [1.807, 2.05) is 31.4 Å². The summed E-state index contributed by atoms with van der Waals surface area (Å²) in [5.41, 5.74) is 4.45. The summed E-state index contributed by atoms with van der Waals surface area (Å²) < 4.78 is 27.2. The van der Waals surface area contributed by atoms with Crippen LogP contribution >= 0.6 is 23.3 Å². The monoisotopic (exact) mass is 507 g/mol. The van der Waals surface area contributed by atoms with Gasteiger partial charge in [-0.25, -0.2) is 8.42 Å². The summed E-state index contributed by atoms with van der Waals surface area (Å²) in [5, 5.41) is 0. The lowest BCUT2D eigenvalue weighted by Gasteiger charge is -2.10. The van der Waals surface area contributed by atoms with Gasteiger partial charge in [-0.1, -0.05) is 18.2 Å². The van der Waals surface area contributed by atoms with Crippen LogP contribution < -0.4 is 4.72 Å². The number of hydrogen-bond acceptors (Lipinski definition) is 7. The second-order valence-electron chi connectivity index (χ2n) is 8.08. The molecule has 0 saturated carbocycles. The van der Waals surface area contributed by atoms with Gasteiger partial charge in [-0.2, -0.15) is 0 Å². The van der Waals surface area contributed by atoms with Gasteiger partial charge in [-0.15, -0.1) is 11.3 Å². The molecular formula is C25H21N3O3S3. The zero-order valence-corrected chi connectivity index (χ0v) is 20.9. The van der Waals surface area contributed by atoms with Gasteiger partial charge in [0.15, 0.2) is 9.84 Å². The maximum absolute atomic E-state index is 12.2. The molecule has 0 spiro atoms. The number of para-hydroxylation sites is 1. The predicted molar refractivity (Wildman–Crippen MR) is 138 cm³/mol. The quantitative estimate of drug-likeness (QED) is 0.343. The number of amides is 1. The highest BCUT2D eigenvalue weighted by Gasteiger charge is 2.24. The predicted octanol–water partition coefficient (Wildman–Crippen LogP) is 5.59. The first-order valence-electron chi connectivity index (χ1n) is 10.5. The molecule has 0 fully saturated rings. The Balaban J connectivity index is 1.36. The zero-order chi connectivity index (χ0) is 23.9. The van der Waals surface area contributed by atoms with E-state index in [1.54, 1.807) is 46.7 Å².